The second kappa shape index (κ2) is 2.85. The van der Waals surface area contributed by atoms with Crippen LogP contribution in [0.5, 0.6) is 0 Å². The topological polar surface area (TPSA) is 61.8 Å². The zero-order valence-electron chi connectivity index (χ0n) is 7.62. The van der Waals surface area contributed by atoms with Gasteiger partial charge in [0.05, 0.1) is 6.54 Å². The van der Waals surface area contributed by atoms with Crippen LogP contribution in [0.1, 0.15) is 0 Å². The highest BCUT2D eigenvalue weighted by atomic mass is 16.5. The molecule has 2 aliphatic rings. The quantitative estimate of drug-likeness (QED) is 0.584. The SMILES string of the molecule is CO[C@]12CNC[C@H]1CN(C(=O)O)C2. The van der Waals surface area contributed by atoms with Gasteiger partial charge < -0.3 is 20.1 Å². The molecule has 0 unspecified atom stereocenters. The Kier molecular flexibility index (Phi) is 1.92. The lowest BCUT2D eigenvalue weighted by molar-refractivity contribution is -0.00500. The lowest BCUT2D eigenvalue weighted by atomic mass is 9.95. The summed E-state index contributed by atoms with van der Waals surface area (Å²) in [4.78, 5) is 12.2. The number of hydrogen-bond acceptors (Lipinski definition) is 3. The predicted octanol–water partition coefficient (Wildman–Crippen LogP) is -0.415. The van der Waals surface area contributed by atoms with E-state index in [-0.39, 0.29) is 5.60 Å². The first-order chi connectivity index (χ1) is 6.18. The van der Waals surface area contributed by atoms with E-state index >= 15 is 0 Å². The van der Waals surface area contributed by atoms with Crippen LogP contribution < -0.4 is 5.32 Å². The minimum absolute atomic E-state index is 0.265. The molecular formula is C8H14N2O3. The normalized spacial score (nSPS) is 37.9. The molecule has 0 bridgehead atoms. The second-order valence-corrected chi connectivity index (χ2v) is 3.76. The van der Waals surface area contributed by atoms with Crippen molar-refractivity contribution in [2.45, 2.75) is 5.60 Å². The fourth-order valence-corrected chi connectivity index (χ4v) is 2.31. The van der Waals surface area contributed by atoms with Crippen molar-refractivity contribution in [3.63, 3.8) is 0 Å². The molecule has 2 atom stereocenters. The number of nitrogens with one attached hydrogen (secondary N) is 1. The third-order valence-corrected chi connectivity index (χ3v) is 3.14. The molecule has 5 nitrogen and oxygen atoms in total. The Bertz CT molecular complexity index is 233. The zero-order chi connectivity index (χ0) is 9.47. The highest BCUT2D eigenvalue weighted by Crippen LogP contribution is 2.33. The van der Waals surface area contributed by atoms with Crippen molar-refractivity contribution >= 4 is 6.09 Å². The third-order valence-electron chi connectivity index (χ3n) is 3.14. The summed E-state index contributed by atoms with van der Waals surface area (Å²) in [6.07, 6.45) is -0.842. The minimum Gasteiger partial charge on any atom is -0.465 e. The number of carboxylic acid groups (broad SMARTS) is 1. The molecule has 2 saturated heterocycles. The van der Waals surface area contributed by atoms with Gasteiger partial charge >= 0.3 is 6.09 Å². The summed E-state index contributed by atoms with van der Waals surface area (Å²) >= 11 is 0. The average molecular weight is 186 g/mol. The van der Waals surface area contributed by atoms with Gasteiger partial charge in [-0.3, -0.25) is 0 Å². The summed E-state index contributed by atoms with van der Waals surface area (Å²) < 4.78 is 5.44. The number of nitrogens with zero attached hydrogens (tertiary/aromatic N) is 1. The van der Waals surface area contributed by atoms with Gasteiger partial charge in [0, 0.05) is 32.7 Å². The maximum atomic E-state index is 10.7. The summed E-state index contributed by atoms with van der Waals surface area (Å²) in [5.74, 6) is 0.314. The predicted molar refractivity (Wildman–Crippen MR) is 45.7 cm³/mol. The molecule has 0 saturated carbocycles. The fraction of sp³-hybridized carbons (Fsp3) is 0.875. The number of ether oxygens (including phenoxy) is 1. The van der Waals surface area contributed by atoms with Crippen molar-refractivity contribution < 1.29 is 14.6 Å². The Morgan fingerprint density at radius 3 is 3.08 bits per heavy atom. The zero-order valence-corrected chi connectivity index (χ0v) is 7.62. The minimum atomic E-state index is -0.842. The Morgan fingerprint density at radius 1 is 1.77 bits per heavy atom. The summed E-state index contributed by atoms with van der Waals surface area (Å²) in [6, 6.07) is 0. The van der Waals surface area contributed by atoms with E-state index in [9.17, 15) is 4.79 Å². The smallest absolute Gasteiger partial charge is 0.407 e. The van der Waals surface area contributed by atoms with Gasteiger partial charge in [-0.25, -0.2) is 4.79 Å². The number of rotatable bonds is 1. The van der Waals surface area contributed by atoms with Crippen molar-refractivity contribution in [3.8, 4) is 0 Å². The number of fused-ring (bicyclic) bond motifs is 1. The molecule has 0 aromatic carbocycles. The van der Waals surface area contributed by atoms with E-state index in [1.807, 2.05) is 0 Å². The molecule has 0 radical (unpaired) electrons. The summed E-state index contributed by atoms with van der Waals surface area (Å²) in [5.41, 5.74) is -0.265. The van der Waals surface area contributed by atoms with Crippen LogP contribution in [0.3, 0.4) is 0 Å². The average Bonchev–Trinajstić information content (AvgIpc) is 2.58. The fourth-order valence-electron chi connectivity index (χ4n) is 2.31. The standard InChI is InChI=1S/C8H14N2O3/c1-13-8-4-9-2-6(8)3-10(5-8)7(11)12/h6,9H,2-5H2,1H3,(H,11,12)/t6-,8-/m0/s1. The monoisotopic (exact) mass is 186 g/mol. The molecule has 2 N–H and O–H groups in total. The van der Waals surface area contributed by atoms with Gasteiger partial charge in [-0.1, -0.05) is 0 Å². The molecule has 2 rings (SSSR count). The van der Waals surface area contributed by atoms with Crippen molar-refractivity contribution in [1.29, 1.82) is 0 Å². The lowest BCUT2D eigenvalue weighted by Gasteiger charge is -2.25. The van der Waals surface area contributed by atoms with E-state index in [0.29, 0.717) is 19.0 Å². The van der Waals surface area contributed by atoms with E-state index < -0.39 is 6.09 Å². The summed E-state index contributed by atoms with van der Waals surface area (Å²) in [7, 11) is 1.66. The van der Waals surface area contributed by atoms with Crippen molar-refractivity contribution in [2.75, 3.05) is 33.3 Å². The van der Waals surface area contributed by atoms with Gasteiger partial charge in [0.15, 0.2) is 0 Å². The van der Waals surface area contributed by atoms with E-state index in [2.05, 4.69) is 5.32 Å². The molecular weight excluding hydrogens is 172 g/mol. The van der Waals surface area contributed by atoms with E-state index in [0.717, 1.165) is 13.1 Å². The van der Waals surface area contributed by atoms with E-state index in [4.69, 9.17) is 9.84 Å². The first kappa shape index (κ1) is 8.77. The Labute approximate surface area is 76.7 Å². The molecule has 0 aliphatic carbocycles. The van der Waals surface area contributed by atoms with Gasteiger partial charge in [0.25, 0.3) is 0 Å². The van der Waals surface area contributed by atoms with Gasteiger partial charge in [-0.05, 0) is 0 Å². The van der Waals surface area contributed by atoms with Crippen molar-refractivity contribution in [3.05, 3.63) is 0 Å². The van der Waals surface area contributed by atoms with Gasteiger partial charge in [0.1, 0.15) is 5.60 Å². The van der Waals surface area contributed by atoms with E-state index in [1.165, 1.54) is 4.90 Å². The molecule has 5 heteroatoms. The third kappa shape index (κ3) is 1.19. The van der Waals surface area contributed by atoms with Gasteiger partial charge in [-0.2, -0.15) is 0 Å². The van der Waals surface area contributed by atoms with Crippen LogP contribution >= 0.6 is 0 Å². The van der Waals surface area contributed by atoms with Crippen molar-refractivity contribution in [1.82, 2.24) is 10.2 Å². The second-order valence-electron chi connectivity index (χ2n) is 3.76. The van der Waals surface area contributed by atoms with Gasteiger partial charge in [-0.15, -0.1) is 0 Å². The van der Waals surface area contributed by atoms with Gasteiger partial charge in [0.2, 0.25) is 0 Å². The number of likely N-dealkylation sites (tertiary alicyclic amines) is 1. The van der Waals surface area contributed by atoms with Crippen molar-refractivity contribution in [2.24, 2.45) is 5.92 Å². The van der Waals surface area contributed by atoms with Crippen LogP contribution in [0.15, 0.2) is 0 Å². The van der Waals surface area contributed by atoms with Crippen LogP contribution in [0.4, 0.5) is 4.79 Å². The molecule has 1 amide bonds. The summed E-state index contributed by atoms with van der Waals surface area (Å²) in [6.45, 7) is 2.71. The Morgan fingerprint density at radius 2 is 2.54 bits per heavy atom. The first-order valence-electron chi connectivity index (χ1n) is 4.42. The lowest BCUT2D eigenvalue weighted by Crippen LogP contribution is -2.42. The molecule has 2 aliphatic heterocycles. The molecule has 74 valence electrons. The molecule has 0 spiro atoms. The molecule has 0 aromatic rings. The number of carbonyl (C=O) groups is 1. The maximum absolute atomic E-state index is 10.7. The van der Waals surface area contributed by atoms with Crippen LogP contribution in [-0.2, 0) is 4.74 Å². The highest BCUT2D eigenvalue weighted by Gasteiger charge is 2.51. The highest BCUT2D eigenvalue weighted by molar-refractivity contribution is 5.65. The van der Waals surface area contributed by atoms with Crippen LogP contribution in [-0.4, -0.2) is 55.0 Å². The number of amides is 1. The molecule has 13 heavy (non-hydrogen) atoms. The Hall–Kier alpha value is -0.810. The molecule has 2 fully saturated rings. The number of methoxy groups -OCH3 is 1. The van der Waals surface area contributed by atoms with Crippen LogP contribution in [0.2, 0.25) is 0 Å². The molecule has 2 heterocycles. The van der Waals surface area contributed by atoms with Crippen LogP contribution in [0, 0.1) is 5.92 Å². The first-order valence-corrected chi connectivity index (χ1v) is 4.42. The number of hydrogen-bond donors (Lipinski definition) is 2. The summed E-state index contributed by atoms with van der Waals surface area (Å²) in [5, 5.41) is 12.1. The Balaban J connectivity index is 2.13. The van der Waals surface area contributed by atoms with E-state index in [1.54, 1.807) is 7.11 Å². The largest absolute Gasteiger partial charge is 0.465 e. The van der Waals surface area contributed by atoms with Crippen LogP contribution in [0.25, 0.3) is 0 Å². The molecule has 0 aromatic heterocycles. The maximum Gasteiger partial charge on any atom is 0.407 e.